The highest BCUT2D eigenvalue weighted by Crippen LogP contribution is 2.25. The summed E-state index contributed by atoms with van der Waals surface area (Å²) >= 11 is 0. The summed E-state index contributed by atoms with van der Waals surface area (Å²) < 4.78 is 56.2. The zero-order valence-electron chi connectivity index (χ0n) is 21.9. The molecule has 2 rings (SSSR count). The maximum absolute atomic E-state index is 13.3. The van der Waals surface area contributed by atoms with Crippen molar-refractivity contribution in [1.82, 2.24) is 10.2 Å². The van der Waals surface area contributed by atoms with E-state index in [1.807, 2.05) is 0 Å². The van der Waals surface area contributed by atoms with Crippen molar-refractivity contribution in [2.24, 2.45) is 11.8 Å². The predicted octanol–water partition coefficient (Wildman–Crippen LogP) is 1.47. The van der Waals surface area contributed by atoms with Crippen molar-refractivity contribution < 1.29 is 29.1 Å². The summed E-state index contributed by atoms with van der Waals surface area (Å²) in [5, 5.41) is 12.3. The molecule has 6 nitrogen and oxygen atoms in total. The molecule has 1 aliphatic rings. The first kappa shape index (κ1) is 12.2. The van der Waals surface area contributed by atoms with E-state index in [1.54, 1.807) is 13.8 Å². The molecule has 0 unspecified atom stereocenters. The van der Waals surface area contributed by atoms with Crippen molar-refractivity contribution in [3.05, 3.63) is 35.4 Å². The molecule has 0 saturated heterocycles. The van der Waals surface area contributed by atoms with Crippen molar-refractivity contribution in [1.29, 1.82) is 0 Å². The topological polar surface area (TPSA) is 86.7 Å². The molecule has 0 saturated carbocycles. The van der Waals surface area contributed by atoms with E-state index in [-0.39, 0.29) is 28.4 Å². The first-order chi connectivity index (χ1) is 14.9. The molecule has 0 bridgehead atoms. The maximum Gasteiger partial charge on any atom is 0.249 e. The van der Waals surface area contributed by atoms with Crippen molar-refractivity contribution in [3.8, 4) is 0 Å². The fraction of sp³-hybridized carbons (Fsp3) is 0.550. The third kappa shape index (κ3) is 4.49. The van der Waals surface area contributed by atoms with E-state index in [2.05, 4.69) is 5.32 Å². The van der Waals surface area contributed by atoms with Crippen LogP contribution in [0.4, 0.5) is 0 Å². The van der Waals surface area contributed by atoms with Gasteiger partial charge in [-0.25, -0.2) is 0 Å². The molecule has 0 fully saturated rings. The summed E-state index contributed by atoms with van der Waals surface area (Å²) in [6.45, 7) is -1.94. The van der Waals surface area contributed by atoms with E-state index in [1.165, 1.54) is 31.2 Å². The Hall–Kier alpha value is -2.21. The number of hydrogen-bond acceptors (Lipinski definition) is 4. The third-order valence-electron chi connectivity index (χ3n) is 4.24. The summed E-state index contributed by atoms with van der Waals surface area (Å²) in [4.78, 5) is 38.2. The number of ketones is 1. The summed E-state index contributed by atoms with van der Waals surface area (Å²) in [7, 11) is 0. The molecule has 26 heavy (non-hydrogen) atoms. The van der Waals surface area contributed by atoms with Gasteiger partial charge in [-0.1, -0.05) is 45.0 Å². The number of carbonyl (C=O) groups excluding carboxylic acids is 3. The molecule has 6 heteroatoms. The number of aryl methyl sites for hydroxylation is 1. The van der Waals surface area contributed by atoms with E-state index in [9.17, 15) is 19.5 Å². The van der Waals surface area contributed by atoms with Gasteiger partial charge in [0.2, 0.25) is 11.8 Å². The van der Waals surface area contributed by atoms with Crippen LogP contribution in [0.15, 0.2) is 24.3 Å². The van der Waals surface area contributed by atoms with Gasteiger partial charge in [-0.3, -0.25) is 14.4 Å². The second-order valence-electron chi connectivity index (χ2n) is 6.70. The zero-order valence-corrected chi connectivity index (χ0v) is 14.9. The molecule has 1 heterocycles. The monoisotopic (exact) mass is 367 g/mol. The van der Waals surface area contributed by atoms with Crippen LogP contribution >= 0.6 is 0 Å². The van der Waals surface area contributed by atoms with Crippen LogP contribution in [0.25, 0.3) is 0 Å². The molecular weight excluding hydrogens is 332 g/mol. The van der Waals surface area contributed by atoms with Crippen LogP contribution in [0.3, 0.4) is 0 Å². The number of Topliss-reactive ketones (excluding diaryl/α,β-unsaturated/α-hetero) is 1. The maximum atomic E-state index is 13.3. The van der Waals surface area contributed by atoms with Gasteiger partial charge in [-0.2, -0.15) is 0 Å². The van der Waals surface area contributed by atoms with E-state index >= 15 is 0 Å². The summed E-state index contributed by atoms with van der Waals surface area (Å²) in [5.41, 5.74) is -0.364. The quantitative estimate of drug-likeness (QED) is 0.797. The minimum absolute atomic E-state index is 0.0859. The number of rotatable bonds is 6. The highest BCUT2D eigenvalue weighted by atomic mass is 16.3. The molecule has 1 aliphatic heterocycles. The Bertz CT molecular complexity index is 933. The van der Waals surface area contributed by atoms with Crippen molar-refractivity contribution >= 4 is 17.6 Å². The van der Waals surface area contributed by atoms with Gasteiger partial charge < -0.3 is 15.3 Å². The normalized spacial score (nSPS) is 27.9. The van der Waals surface area contributed by atoms with Gasteiger partial charge >= 0.3 is 0 Å². The van der Waals surface area contributed by atoms with Crippen molar-refractivity contribution in [2.45, 2.75) is 45.7 Å². The molecule has 2 amide bonds. The Kier molecular flexibility index (Phi) is 3.97. The fourth-order valence-electron chi connectivity index (χ4n) is 2.61. The van der Waals surface area contributed by atoms with Gasteiger partial charge in [-0.15, -0.1) is 0 Å². The van der Waals surface area contributed by atoms with Crippen molar-refractivity contribution in [3.63, 3.8) is 0 Å². The molecule has 0 radical (unpaired) electrons. The first-order valence-corrected chi connectivity index (χ1v) is 8.39. The van der Waals surface area contributed by atoms with Crippen LogP contribution in [-0.4, -0.2) is 47.2 Å². The van der Waals surface area contributed by atoms with Crippen LogP contribution in [0.5, 0.6) is 0 Å². The number of carbonyl (C=O) groups is 3. The summed E-state index contributed by atoms with van der Waals surface area (Å²) in [6.07, 6.45) is -4.53. The minimum Gasteiger partial charge on any atom is -0.385 e. The molecule has 0 aromatic heterocycles. The Labute approximate surface area is 164 Å². The number of nitrogens with one attached hydrogen (secondary N) is 1. The van der Waals surface area contributed by atoms with Crippen LogP contribution in [0.2, 0.25) is 0 Å². The molecule has 0 spiro atoms. The van der Waals surface area contributed by atoms with Gasteiger partial charge in [0.1, 0.15) is 12.1 Å². The zero-order chi connectivity index (χ0) is 25.5. The lowest BCUT2D eigenvalue weighted by molar-refractivity contribution is -0.137. The van der Waals surface area contributed by atoms with Gasteiger partial charge in [0.05, 0.1) is 0 Å². The lowest BCUT2D eigenvalue weighted by atomic mass is 9.94. The summed E-state index contributed by atoms with van der Waals surface area (Å²) in [6, 6.07) is 3.71. The smallest absolute Gasteiger partial charge is 0.249 e. The molecule has 3 atom stereocenters. The number of fused-ring (bicyclic) bond motifs is 1. The number of aliphatic hydroxyl groups is 1. The summed E-state index contributed by atoms with van der Waals surface area (Å²) in [5.74, 6) is -4.08. The van der Waals surface area contributed by atoms with E-state index in [0.29, 0.717) is 0 Å². The molecular formula is C20H28N2O4. The average Bonchev–Trinajstić information content (AvgIpc) is 2.73. The molecule has 142 valence electrons. The van der Waals surface area contributed by atoms with Gasteiger partial charge in [0.15, 0.2) is 5.78 Å². The SMILES string of the molecule is [2H]C([2H])([2H])N1C(=O)[C@@H](NC(=O)[C@H](C)CC(=O)[C@@H](O)C(C)C)c2ccccc2C([2H])([2H])C1([2H])[2H]. The van der Waals surface area contributed by atoms with Gasteiger partial charge in [-0.05, 0) is 23.4 Å². The number of nitrogens with zero attached hydrogens (tertiary/aromatic N) is 1. The lowest BCUT2D eigenvalue weighted by Crippen LogP contribution is -2.43. The number of likely N-dealkylation sites (N-methyl/N-ethyl adjacent to an activating group) is 1. The largest absolute Gasteiger partial charge is 0.385 e. The Morgan fingerprint density at radius 3 is 2.73 bits per heavy atom. The number of benzene rings is 1. The molecule has 2 N–H and O–H groups in total. The minimum atomic E-state index is -3.35. The third-order valence-corrected chi connectivity index (χ3v) is 4.24. The average molecular weight is 367 g/mol. The Morgan fingerprint density at radius 2 is 2.08 bits per heavy atom. The van der Waals surface area contributed by atoms with E-state index < -0.39 is 55.5 Å². The molecule has 1 aromatic carbocycles. The van der Waals surface area contributed by atoms with Gasteiger partial charge in [0.25, 0.3) is 0 Å². The van der Waals surface area contributed by atoms with Crippen LogP contribution in [0, 0.1) is 11.8 Å². The lowest BCUT2D eigenvalue weighted by Gasteiger charge is -2.24. The fourth-order valence-corrected chi connectivity index (χ4v) is 2.61. The second-order valence-corrected chi connectivity index (χ2v) is 6.70. The Balaban J connectivity index is 2.49. The number of hydrogen-bond donors (Lipinski definition) is 2. The van der Waals surface area contributed by atoms with Crippen LogP contribution < -0.4 is 5.32 Å². The van der Waals surface area contributed by atoms with E-state index in [0.717, 1.165) is 0 Å². The van der Waals surface area contributed by atoms with Crippen molar-refractivity contribution in [2.75, 3.05) is 13.5 Å². The predicted molar refractivity (Wildman–Crippen MR) is 98.3 cm³/mol. The molecule has 0 aliphatic carbocycles. The number of amides is 2. The van der Waals surface area contributed by atoms with Gasteiger partial charge in [0, 0.05) is 35.4 Å². The van der Waals surface area contributed by atoms with Crippen LogP contribution in [-0.2, 0) is 20.8 Å². The second kappa shape index (κ2) is 8.45. The first-order valence-electron chi connectivity index (χ1n) is 11.9. The van der Waals surface area contributed by atoms with Crippen LogP contribution in [0.1, 0.15) is 54.0 Å². The highest BCUT2D eigenvalue weighted by molar-refractivity contribution is 5.92. The van der Waals surface area contributed by atoms with E-state index in [4.69, 9.17) is 9.60 Å². The Morgan fingerprint density at radius 1 is 1.38 bits per heavy atom. The molecule has 1 aromatic rings. The standard InChI is InChI=1S/C20H28N2O4/c1-12(2)18(24)16(23)11-13(3)19(25)21-17-15-8-6-5-7-14(15)9-10-22(4)20(17)26/h5-8,12-13,17-18,24H,9-11H2,1-4H3,(H,21,25)/t13-,17+,18+/m1/s1/i4D3,9D2,10D2. The number of aliphatic hydroxyl groups excluding tert-OH is 1. The highest BCUT2D eigenvalue weighted by Gasteiger charge is 2.32.